The van der Waals surface area contributed by atoms with Crippen LogP contribution in [0.2, 0.25) is 0 Å². The summed E-state index contributed by atoms with van der Waals surface area (Å²) in [5.41, 5.74) is 0.987. The zero-order chi connectivity index (χ0) is 18.7. The lowest BCUT2D eigenvalue weighted by atomic mass is 10.1. The Bertz CT molecular complexity index is 1030. The van der Waals surface area contributed by atoms with E-state index in [1.54, 1.807) is 30.3 Å². The van der Waals surface area contributed by atoms with Crippen LogP contribution in [0.25, 0.3) is 22.3 Å². The summed E-state index contributed by atoms with van der Waals surface area (Å²) in [6.07, 6.45) is 0. The second kappa shape index (κ2) is 7.57. The van der Waals surface area contributed by atoms with Gasteiger partial charge in [0, 0.05) is 5.56 Å². The van der Waals surface area contributed by atoms with Crippen molar-refractivity contribution in [1.29, 1.82) is 0 Å². The van der Waals surface area contributed by atoms with Crippen LogP contribution in [-0.2, 0) is 9.53 Å². The van der Waals surface area contributed by atoms with E-state index in [0.29, 0.717) is 38.3 Å². The number of para-hydroxylation sites is 1. The van der Waals surface area contributed by atoms with Crippen LogP contribution in [0.5, 0.6) is 11.5 Å². The van der Waals surface area contributed by atoms with Crippen molar-refractivity contribution in [1.82, 2.24) is 9.97 Å². The number of aromatic amines is 1. The van der Waals surface area contributed by atoms with E-state index in [2.05, 4.69) is 30.6 Å². The summed E-state index contributed by atoms with van der Waals surface area (Å²) in [7, 11) is 2.76. The Morgan fingerprint density at radius 2 is 2.00 bits per heavy atom. The van der Waals surface area contributed by atoms with Crippen molar-refractivity contribution < 1.29 is 19.0 Å². The number of hydrogen-bond donors (Lipinski definition) is 1. The summed E-state index contributed by atoms with van der Waals surface area (Å²) in [6.45, 7) is -0.254. The molecular formula is C18H15BrN2O5. The fourth-order valence-corrected chi connectivity index (χ4v) is 2.97. The Kier molecular flexibility index (Phi) is 5.22. The van der Waals surface area contributed by atoms with Gasteiger partial charge in [-0.15, -0.1) is 0 Å². The number of carbonyl (C=O) groups excluding carboxylic acids is 1. The molecule has 0 saturated heterocycles. The predicted molar refractivity (Wildman–Crippen MR) is 99.6 cm³/mol. The second-order valence-electron chi connectivity index (χ2n) is 5.29. The fraction of sp³-hybridized carbons (Fsp3) is 0.167. The number of esters is 1. The normalized spacial score (nSPS) is 10.6. The van der Waals surface area contributed by atoms with Gasteiger partial charge in [-0.3, -0.25) is 4.79 Å². The van der Waals surface area contributed by atoms with Crippen LogP contribution < -0.4 is 15.0 Å². The number of nitrogens with one attached hydrogen (secondary N) is 1. The number of nitrogens with zero attached hydrogens (tertiary/aromatic N) is 1. The van der Waals surface area contributed by atoms with Crippen LogP contribution >= 0.6 is 15.9 Å². The maximum absolute atomic E-state index is 12.3. The van der Waals surface area contributed by atoms with Gasteiger partial charge in [0.1, 0.15) is 5.82 Å². The third kappa shape index (κ3) is 3.55. The number of H-pyrrole nitrogens is 1. The Morgan fingerprint density at radius 1 is 1.23 bits per heavy atom. The fourth-order valence-electron chi connectivity index (χ4n) is 2.41. The number of fused-ring (bicyclic) bond motifs is 1. The number of aromatic nitrogens is 2. The van der Waals surface area contributed by atoms with Crippen LogP contribution in [0.15, 0.2) is 45.7 Å². The first kappa shape index (κ1) is 17.9. The molecule has 134 valence electrons. The van der Waals surface area contributed by atoms with Crippen molar-refractivity contribution in [2.24, 2.45) is 0 Å². The van der Waals surface area contributed by atoms with Crippen LogP contribution in [0.3, 0.4) is 0 Å². The molecule has 2 aromatic carbocycles. The van der Waals surface area contributed by atoms with Gasteiger partial charge in [0.25, 0.3) is 5.56 Å². The van der Waals surface area contributed by atoms with Crippen molar-refractivity contribution in [3.8, 4) is 22.9 Å². The van der Waals surface area contributed by atoms with Crippen LogP contribution in [0.4, 0.5) is 0 Å². The predicted octanol–water partition coefficient (Wildman–Crippen LogP) is 2.91. The van der Waals surface area contributed by atoms with Gasteiger partial charge in [0.2, 0.25) is 0 Å². The van der Waals surface area contributed by atoms with Crippen molar-refractivity contribution in [3.63, 3.8) is 0 Å². The number of ether oxygens (including phenoxy) is 3. The number of rotatable bonds is 5. The maximum atomic E-state index is 12.3. The molecule has 1 aromatic heterocycles. The molecule has 26 heavy (non-hydrogen) atoms. The third-order valence-corrected chi connectivity index (χ3v) is 4.27. The van der Waals surface area contributed by atoms with Gasteiger partial charge in [0.05, 0.1) is 29.6 Å². The maximum Gasteiger partial charge on any atom is 0.343 e. The molecule has 0 fully saturated rings. The summed E-state index contributed by atoms with van der Waals surface area (Å²) in [4.78, 5) is 30.8. The number of hydrogen-bond acceptors (Lipinski definition) is 6. The Balaban J connectivity index is 2.05. The highest BCUT2D eigenvalue weighted by molar-refractivity contribution is 9.10. The van der Waals surface area contributed by atoms with Gasteiger partial charge in [-0.1, -0.05) is 12.1 Å². The van der Waals surface area contributed by atoms with E-state index < -0.39 is 5.97 Å². The number of methoxy groups -OCH3 is 2. The van der Waals surface area contributed by atoms with E-state index in [1.807, 2.05) is 6.07 Å². The Morgan fingerprint density at radius 3 is 2.73 bits per heavy atom. The molecule has 0 unspecified atom stereocenters. The molecule has 1 heterocycles. The summed E-state index contributed by atoms with van der Waals surface area (Å²) in [5.74, 6) is 0.620. The van der Waals surface area contributed by atoms with Gasteiger partial charge in [-0.2, -0.15) is 0 Å². The topological polar surface area (TPSA) is 90.5 Å². The van der Waals surface area contributed by atoms with E-state index >= 15 is 0 Å². The molecule has 0 aliphatic carbocycles. The highest BCUT2D eigenvalue weighted by Crippen LogP contribution is 2.39. The van der Waals surface area contributed by atoms with E-state index in [1.165, 1.54) is 14.2 Å². The van der Waals surface area contributed by atoms with Gasteiger partial charge in [-0.05, 0) is 40.2 Å². The van der Waals surface area contributed by atoms with E-state index in [0.717, 1.165) is 0 Å². The van der Waals surface area contributed by atoms with Crippen LogP contribution in [-0.4, -0.2) is 36.8 Å². The molecule has 3 aromatic rings. The SMILES string of the molecule is COC(=O)COc1c(Br)cc(-c2nc3ccccc3c(=O)[nH]2)cc1OC. The highest BCUT2D eigenvalue weighted by Gasteiger charge is 2.16. The smallest absolute Gasteiger partial charge is 0.343 e. The number of carbonyl (C=O) groups is 1. The standard InChI is InChI=1S/C18H15BrN2O5/c1-24-14-8-10(7-12(19)16(14)26-9-15(22)25-2)17-20-13-6-4-3-5-11(13)18(23)21-17/h3-8H,9H2,1-2H3,(H,20,21,23). The molecular weight excluding hydrogens is 404 g/mol. The van der Waals surface area contributed by atoms with Crippen molar-refractivity contribution in [3.05, 3.63) is 51.2 Å². The largest absolute Gasteiger partial charge is 0.493 e. The molecule has 7 nitrogen and oxygen atoms in total. The first-order valence-corrected chi connectivity index (χ1v) is 8.39. The molecule has 3 rings (SSSR count). The van der Waals surface area contributed by atoms with Gasteiger partial charge >= 0.3 is 5.97 Å². The summed E-state index contributed by atoms with van der Waals surface area (Å²) < 4.78 is 15.9. The molecule has 0 saturated carbocycles. The lowest BCUT2D eigenvalue weighted by Gasteiger charge is -2.13. The molecule has 0 bridgehead atoms. The number of benzene rings is 2. The van der Waals surface area contributed by atoms with Crippen molar-refractivity contribution in [2.45, 2.75) is 0 Å². The lowest BCUT2D eigenvalue weighted by molar-refractivity contribution is -0.142. The minimum Gasteiger partial charge on any atom is -0.493 e. The lowest BCUT2D eigenvalue weighted by Crippen LogP contribution is -2.13. The van der Waals surface area contributed by atoms with Gasteiger partial charge in [-0.25, -0.2) is 9.78 Å². The Labute approximate surface area is 157 Å². The first-order chi connectivity index (χ1) is 12.5. The first-order valence-electron chi connectivity index (χ1n) is 7.60. The second-order valence-corrected chi connectivity index (χ2v) is 6.14. The molecule has 1 N–H and O–H groups in total. The molecule has 0 radical (unpaired) electrons. The molecule has 0 aliphatic heterocycles. The van der Waals surface area contributed by atoms with Crippen LogP contribution in [0, 0.1) is 0 Å². The van der Waals surface area contributed by atoms with E-state index in [4.69, 9.17) is 9.47 Å². The average molecular weight is 419 g/mol. The van der Waals surface area contributed by atoms with Gasteiger partial charge < -0.3 is 19.2 Å². The van der Waals surface area contributed by atoms with Crippen molar-refractivity contribution >= 4 is 32.8 Å². The number of halogens is 1. The molecule has 0 spiro atoms. The van der Waals surface area contributed by atoms with Gasteiger partial charge in [0.15, 0.2) is 18.1 Å². The summed E-state index contributed by atoms with van der Waals surface area (Å²) in [6, 6.07) is 10.5. The highest BCUT2D eigenvalue weighted by atomic mass is 79.9. The monoisotopic (exact) mass is 418 g/mol. The minimum atomic E-state index is -0.511. The van der Waals surface area contributed by atoms with Crippen LogP contribution in [0.1, 0.15) is 0 Å². The minimum absolute atomic E-state index is 0.230. The third-order valence-electron chi connectivity index (χ3n) is 3.68. The van der Waals surface area contributed by atoms with E-state index in [9.17, 15) is 9.59 Å². The molecule has 0 atom stereocenters. The molecule has 0 amide bonds. The molecule has 8 heteroatoms. The van der Waals surface area contributed by atoms with Crippen molar-refractivity contribution in [2.75, 3.05) is 20.8 Å². The Hall–Kier alpha value is -2.87. The quantitative estimate of drug-likeness (QED) is 0.640. The zero-order valence-corrected chi connectivity index (χ0v) is 15.6. The molecule has 0 aliphatic rings. The van der Waals surface area contributed by atoms with E-state index in [-0.39, 0.29) is 12.2 Å². The summed E-state index contributed by atoms with van der Waals surface area (Å²) in [5, 5.41) is 0.514. The average Bonchev–Trinajstić information content (AvgIpc) is 2.66. The zero-order valence-electron chi connectivity index (χ0n) is 14.0. The summed E-state index contributed by atoms with van der Waals surface area (Å²) >= 11 is 3.40.